The highest BCUT2D eigenvalue weighted by Crippen LogP contribution is 2.42. The molecule has 1 unspecified atom stereocenters. The Morgan fingerprint density at radius 3 is 2.61 bits per heavy atom. The fourth-order valence-electron chi connectivity index (χ4n) is 3.98. The number of halogens is 3. The molecule has 2 aliphatic rings. The van der Waals surface area contributed by atoms with Crippen LogP contribution in [0.2, 0.25) is 0 Å². The maximum Gasteiger partial charge on any atom is 0.416 e. The highest BCUT2D eigenvalue weighted by molar-refractivity contribution is 6.02. The summed E-state index contributed by atoms with van der Waals surface area (Å²) in [5, 5.41) is 13.3. The molecule has 0 amide bonds. The molecule has 0 saturated heterocycles. The third-order valence-electron chi connectivity index (χ3n) is 5.37. The first-order chi connectivity index (χ1) is 14.9. The van der Waals surface area contributed by atoms with Gasteiger partial charge in [-0.2, -0.15) is 18.3 Å². The number of alkyl halides is 3. The van der Waals surface area contributed by atoms with Gasteiger partial charge in [0, 0.05) is 29.3 Å². The van der Waals surface area contributed by atoms with Crippen molar-refractivity contribution < 1.29 is 22.7 Å². The van der Waals surface area contributed by atoms with Crippen LogP contribution in [0.5, 0.6) is 11.5 Å². The number of hydrogen-bond acceptors (Lipinski definition) is 5. The number of aromatic amines is 1. The van der Waals surface area contributed by atoms with Crippen molar-refractivity contribution in [2.75, 3.05) is 18.4 Å². The first kappa shape index (κ1) is 19.4. The molecule has 0 spiro atoms. The molecule has 158 valence electrons. The van der Waals surface area contributed by atoms with E-state index in [2.05, 4.69) is 20.8 Å². The number of H-pyrrole nitrogens is 1. The van der Waals surface area contributed by atoms with E-state index in [4.69, 9.17) is 4.74 Å². The summed E-state index contributed by atoms with van der Waals surface area (Å²) in [5.41, 5.74) is 2.42. The topological polar surface area (TPSA) is 79.0 Å². The third-order valence-corrected chi connectivity index (χ3v) is 5.37. The van der Waals surface area contributed by atoms with Gasteiger partial charge in [0.1, 0.15) is 17.3 Å². The smallest absolute Gasteiger partial charge is 0.416 e. The van der Waals surface area contributed by atoms with Crippen LogP contribution in [0, 0.1) is 0 Å². The lowest BCUT2D eigenvalue weighted by Gasteiger charge is -2.32. The lowest BCUT2D eigenvalue weighted by molar-refractivity contribution is -0.137. The molecule has 2 aromatic carbocycles. The van der Waals surface area contributed by atoms with Crippen LogP contribution in [-0.4, -0.2) is 29.1 Å². The number of ketones is 1. The summed E-state index contributed by atoms with van der Waals surface area (Å²) >= 11 is 0. The normalized spacial score (nSPS) is 18.3. The number of rotatable bonds is 3. The monoisotopic (exact) mass is 426 g/mol. The van der Waals surface area contributed by atoms with Crippen LogP contribution in [0.25, 0.3) is 0 Å². The molecular formula is C22H17F3N4O2. The Labute approximate surface area is 175 Å². The van der Waals surface area contributed by atoms with Crippen LogP contribution in [0.3, 0.4) is 0 Å². The largest absolute Gasteiger partial charge is 0.457 e. The average molecular weight is 426 g/mol. The quantitative estimate of drug-likeness (QED) is 0.585. The van der Waals surface area contributed by atoms with Gasteiger partial charge in [-0.15, -0.1) is 0 Å². The SMILES string of the molecule is O=C1CNCC2=C1C(c1cccc(Oc3ccc(C(F)(F)F)cc3)c1)c1cn[nH]c1N2. The lowest BCUT2D eigenvalue weighted by atomic mass is 9.79. The minimum Gasteiger partial charge on any atom is -0.457 e. The number of ether oxygens (including phenoxy) is 1. The number of nitrogens with one attached hydrogen (secondary N) is 3. The van der Waals surface area contributed by atoms with Crippen molar-refractivity contribution in [3.63, 3.8) is 0 Å². The number of anilines is 1. The first-order valence-electron chi connectivity index (χ1n) is 9.62. The van der Waals surface area contributed by atoms with E-state index in [9.17, 15) is 18.0 Å². The summed E-state index contributed by atoms with van der Waals surface area (Å²) in [7, 11) is 0. The van der Waals surface area contributed by atoms with Gasteiger partial charge in [-0.05, 0) is 42.0 Å². The summed E-state index contributed by atoms with van der Waals surface area (Å²) in [4.78, 5) is 12.7. The van der Waals surface area contributed by atoms with E-state index in [0.717, 1.165) is 34.8 Å². The van der Waals surface area contributed by atoms with Crippen LogP contribution in [0.1, 0.15) is 22.6 Å². The van der Waals surface area contributed by atoms with Gasteiger partial charge in [0.15, 0.2) is 5.78 Å². The van der Waals surface area contributed by atoms with Gasteiger partial charge in [-0.3, -0.25) is 9.89 Å². The van der Waals surface area contributed by atoms with Crippen molar-refractivity contribution in [3.8, 4) is 11.5 Å². The predicted molar refractivity (Wildman–Crippen MR) is 107 cm³/mol. The number of benzene rings is 2. The number of aromatic nitrogens is 2. The van der Waals surface area contributed by atoms with Gasteiger partial charge in [0.05, 0.1) is 18.3 Å². The van der Waals surface area contributed by atoms with E-state index in [1.54, 1.807) is 24.4 Å². The van der Waals surface area contributed by atoms with Crippen LogP contribution in [-0.2, 0) is 11.0 Å². The number of carbonyl (C=O) groups is 1. The van der Waals surface area contributed by atoms with E-state index in [1.807, 2.05) is 6.07 Å². The van der Waals surface area contributed by atoms with Crippen molar-refractivity contribution in [3.05, 3.63) is 82.7 Å². The lowest BCUT2D eigenvalue weighted by Crippen LogP contribution is -2.39. The molecular weight excluding hydrogens is 409 g/mol. The molecule has 1 aromatic heterocycles. The van der Waals surface area contributed by atoms with Gasteiger partial charge in [-0.25, -0.2) is 0 Å². The third kappa shape index (κ3) is 3.57. The van der Waals surface area contributed by atoms with Crippen molar-refractivity contribution in [1.29, 1.82) is 0 Å². The Hall–Kier alpha value is -3.59. The zero-order valence-electron chi connectivity index (χ0n) is 16.1. The van der Waals surface area contributed by atoms with Crippen molar-refractivity contribution in [2.45, 2.75) is 12.1 Å². The fraction of sp³-hybridized carbons (Fsp3) is 0.182. The highest BCUT2D eigenvalue weighted by Gasteiger charge is 2.36. The maximum atomic E-state index is 12.8. The minimum absolute atomic E-state index is 0.000314. The Balaban J connectivity index is 1.49. The molecule has 2 aliphatic heterocycles. The average Bonchev–Trinajstić information content (AvgIpc) is 3.20. The van der Waals surface area contributed by atoms with E-state index >= 15 is 0 Å². The zero-order chi connectivity index (χ0) is 21.6. The summed E-state index contributed by atoms with van der Waals surface area (Å²) < 4.78 is 44.1. The summed E-state index contributed by atoms with van der Waals surface area (Å²) in [5.74, 6) is 1.16. The second-order valence-electron chi connectivity index (χ2n) is 7.37. The molecule has 1 atom stereocenters. The first-order valence-corrected chi connectivity index (χ1v) is 9.62. The van der Waals surface area contributed by atoms with E-state index in [0.29, 0.717) is 17.9 Å². The van der Waals surface area contributed by atoms with Crippen LogP contribution in [0.4, 0.5) is 19.0 Å². The minimum atomic E-state index is -4.40. The number of carbonyl (C=O) groups excluding carboxylic acids is 1. The van der Waals surface area contributed by atoms with Crippen molar-refractivity contribution in [1.82, 2.24) is 15.5 Å². The molecule has 0 bridgehead atoms. The fourth-order valence-corrected chi connectivity index (χ4v) is 3.98. The molecule has 0 aliphatic carbocycles. The predicted octanol–water partition coefficient (Wildman–Crippen LogP) is 4.20. The molecule has 9 heteroatoms. The molecule has 6 nitrogen and oxygen atoms in total. The van der Waals surface area contributed by atoms with Gasteiger partial charge in [0.25, 0.3) is 0 Å². The molecule has 3 N–H and O–H groups in total. The van der Waals surface area contributed by atoms with Crippen LogP contribution in [0.15, 0.2) is 66.0 Å². The molecule has 3 heterocycles. The van der Waals surface area contributed by atoms with Crippen LogP contribution < -0.4 is 15.4 Å². The summed E-state index contributed by atoms with van der Waals surface area (Å²) in [6.07, 6.45) is -2.71. The van der Waals surface area contributed by atoms with E-state index in [-0.39, 0.29) is 24.0 Å². The van der Waals surface area contributed by atoms with Crippen LogP contribution >= 0.6 is 0 Å². The summed E-state index contributed by atoms with van der Waals surface area (Å²) in [6.45, 7) is 0.795. The molecule has 0 radical (unpaired) electrons. The molecule has 0 saturated carbocycles. The second-order valence-corrected chi connectivity index (χ2v) is 7.37. The summed E-state index contributed by atoms with van der Waals surface area (Å²) in [6, 6.07) is 11.7. The second kappa shape index (κ2) is 7.28. The highest BCUT2D eigenvalue weighted by atomic mass is 19.4. The zero-order valence-corrected chi connectivity index (χ0v) is 16.1. The standard InChI is InChI=1S/C22H17F3N4O2/c23-22(24,25)13-4-6-14(7-5-13)31-15-3-1-2-12(8-15)19-16-9-27-29-21(16)28-17-10-26-11-18(30)20(17)19/h1-9,19,26H,10-11H2,(H2,27,28,29). The number of Topliss-reactive ketones (excluding diaryl/α,β-unsaturated/α-hetero) is 1. The molecule has 3 aromatic rings. The molecule has 5 rings (SSSR count). The Bertz CT molecular complexity index is 1180. The van der Waals surface area contributed by atoms with Gasteiger partial charge >= 0.3 is 6.18 Å². The Morgan fingerprint density at radius 2 is 1.84 bits per heavy atom. The Kier molecular flexibility index (Phi) is 4.55. The van der Waals surface area contributed by atoms with Crippen molar-refractivity contribution >= 4 is 11.6 Å². The number of nitrogens with zero attached hydrogens (tertiary/aromatic N) is 1. The molecule has 0 fully saturated rings. The van der Waals surface area contributed by atoms with E-state index < -0.39 is 11.7 Å². The van der Waals surface area contributed by atoms with Gasteiger partial charge < -0.3 is 15.4 Å². The molecule has 31 heavy (non-hydrogen) atoms. The van der Waals surface area contributed by atoms with Gasteiger partial charge in [-0.1, -0.05) is 12.1 Å². The maximum absolute atomic E-state index is 12.8. The number of hydrogen-bond donors (Lipinski definition) is 3. The van der Waals surface area contributed by atoms with Gasteiger partial charge in [0.2, 0.25) is 0 Å². The van der Waals surface area contributed by atoms with E-state index in [1.165, 1.54) is 12.1 Å². The van der Waals surface area contributed by atoms with Crippen molar-refractivity contribution in [2.24, 2.45) is 0 Å². The number of fused-ring (bicyclic) bond motifs is 1. The Morgan fingerprint density at radius 1 is 1.03 bits per heavy atom.